The molecular weight excluding hydrogens is 328 g/mol. The van der Waals surface area contributed by atoms with E-state index < -0.39 is 5.97 Å². The molecule has 1 N–H and O–H groups in total. The average molecular weight is 346 g/mol. The fourth-order valence-electron chi connectivity index (χ4n) is 2.78. The number of hydrogen-bond acceptors (Lipinski definition) is 3. The highest BCUT2D eigenvalue weighted by molar-refractivity contribution is 6.01. The molecule has 3 rings (SSSR count). The van der Waals surface area contributed by atoms with Crippen molar-refractivity contribution in [2.45, 2.75) is 6.42 Å². The Kier molecular flexibility index (Phi) is 5.13. The standard InChI is InChI=1S/C22H18O4/c1-26-21-12-11-18(14-19(21)22(24)25)20(23)13-15-7-9-17(10-8-15)16-5-3-2-4-6-16/h2-12,14H,13H2,1H3,(H,24,25). The lowest BCUT2D eigenvalue weighted by Crippen LogP contribution is -2.07. The maximum absolute atomic E-state index is 12.5. The molecule has 0 bridgehead atoms. The van der Waals surface area contributed by atoms with Crippen LogP contribution < -0.4 is 4.74 Å². The van der Waals surface area contributed by atoms with Gasteiger partial charge in [0.1, 0.15) is 11.3 Å². The molecule has 0 atom stereocenters. The van der Waals surface area contributed by atoms with Crippen molar-refractivity contribution in [2.75, 3.05) is 7.11 Å². The van der Waals surface area contributed by atoms with Crippen molar-refractivity contribution in [1.29, 1.82) is 0 Å². The van der Waals surface area contributed by atoms with Gasteiger partial charge in [-0.15, -0.1) is 0 Å². The van der Waals surface area contributed by atoms with Gasteiger partial charge >= 0.3 is 5.97 Å². The second-order valence-electron chi connectivity index (χ2n) is 5.88. The summed E-state index contributed by atoms with van der Waals surface area (Å²) < 4.78 is 5.02. The van der Waals surface area contributed by atoms with Crippen LogP contribution in [0.2, 0.25) is 0 Å². The molecule has 0 radical (unpaired) electrons. The van der Waals surface area contributed by atoms with Crippen LogP contribution in [-0.4, -0.2) is 24.0 Å². The van der Waals surface area contributed by atoms with Crippen LogP contribution in [0.1, 0.15) is 26.3 Å². The van der Waals surface area contributed by atoms with Crippen molar-refractivity contribution in [3.05, 3.63) is 89.5 Å². The summed E-state index contributed by atoms with van der Waals surface area (Å²) in [4.78, 5) is 23.8. The minimum absolute atomic E-state index is 0.0159. The number of carbonyl (C=O) groups excluding carboxylic acids is 1. The topological polar surface area (TPSA) is 63.6 Å². The van der Waals surface area contributed by atoms with Crippen molar-refractivity contribution >= 4 is 11.8 Å². The van der Waals surface area contributed by atoms with Crippen LogP contribution in [0.3, 0.4) is 0 Å². The van der Waals surface area contributed by atoms with Crippen molar-refractivity contribution in [3.63, 3.8) is 0 Å². The molecule has 4 heteroatoms. The van der Waals surface area contributed by atoms with Crippen LogP contribution in [-0.2, 0) is 6.42 Å². The molecule has 4 nitrogen and oxygen atoms in total. The third-order valence-corrected chi connectivity index (χ3v) is 4.18. The van der Waals surface area contributed by atoms with Gasteiger partial charge in [-0.3, -0.25) is 4.79 Å². The number of carbonyl (C=O) groups is 2. The summed E-state index contributed by atoms with van der Waals surface area (Å²) in [7, 11) is 1.40. The minimum Gasteiger partial charge on any atom is -0.496 e. The lowest BCUT2D eigenvalue weighted by molar-refractivity contribution is 0.0693. The number of ether oxygens (including phenoxy) is 1. The summed E-state index contributed by atoms with van der Waals surface area (Å²) in [5.41, 5.74) is 3.42. The predicted octanol–water partition coefficient (Wildman–Crippen LogP) is 4.49. The number of ketones is 1. The molecule has 3 aromatic rings. The summed E-state index contributed by atoms with van der Waals surface area (Å²) in [6.45, 7) is 0. The maximum atomic E-state index is 12.5. The van der Waals surface area contributed by atoms with Gasteiger partial charge in [-0.1, -0.05) is 54.6 Å². The first-order chi connectivity index (χ1) is 12.6. The second kappa shape index (κ2) is 7.66. The van der Waals surface area contributed by atoms with Gasteiger partial charge in [0, 0.05) is 12.0 Å². The Morgan fingerprint density at radius 3 is 2.15 bits per heavy atom. The zero-order chi connectivity index (χ0) is 18.5. The molecule has 0 aliphatic carbocycles. The van der Waals surface area contributed by atoms with Gasteiger partial charge in [0.25, 0.3) is 0 Å². The molecule has 3 aromatic carbocycles. The predicted molar refractivity (Wildman–Crippen MR) is 99.9 cm³/mol. The smallest absolute Gasteiger partial charge is 0.339 e. The molecule has 0 spiro atoms. The Balaban J connectivity index is 1.78. The number of carboxylic acids is 1. The Bertz CT molecular complexity index is 928. The normalized spacial score (nSPS) is 10.3. The average Bonchev–Trinajstić information content (AvgIpc) is 2.68. The van der Waals surface area contributed by atoms with Gasteiger partial charge in [0.15, 0.2) is 5.78 Å². The lowest BCUT2D eigenvalue weighted by atomic mass is 9.98. The largest absolute Gasteiger partial charge is 0.496 e. The van der Waals surface area contributed by atoms with E-state index in [1.165, 1.54) is 19.2 Å². The van der Waals surface area contributed by atoms with Crippen molar-refractivity contribution < 1.29 is 19.4 Å². The van der Waals surface area contributed by atoms with Crippen molar-refractivity contribution in [1.82, 2.24) is 0 Å². The molecule has 0 fully saturated rings. The molecule has 0 heterocycles. The quantitative estimate of drug-likeness (QED) is 0.668. The van der Waals surface area contributed by atoms with E-state index in [1.807, 2.05) is 54.6 Å². The van der Waals surface area contributed by atoms with Crippen LogP contribution in [0.25, 0.3) is 11.1 Å². The van der Waals surface area contributed by atoms with Crippen LogP contribution in [0.4, 0.5) is 0 Å². The molecule has 0 aliphatic heterocycles. The molecule has 0 saturated heterocycles. The number of methoxy groups -OCH3 is 1. The number of hydrogen-bond donors (Lipinski definition) is 1. The van der Waals surface area contributed by atoms with Crippen LogP contribution in [0, 0.1) is 0 Å². The van der Waals surface area contributed by atoms with Gasteiger partial charge in [-0.05, 0) is 34.9 Å². The highest BCUT2D eigenvalue weighted by Crippen LogP contribution is 2.22. The van der Waals surface area contributed by atoms with E-state index in [-0.39, 0.29) is 23.5 Å². The molecule has 0 aromatic heterocycles. The second-order valence-corrected chi connectivity index (χ2v) is 5.88. The highest BCUT2D eigenvalue weighted by atomic mass is 16.5. The zero-order valence-corrected chi connectivity index (χ0v) is 14.3. The molecule has 0 saturated carbocycles. The number of carboxylic acid groups (broad SMARTS) is 1. The van der Waals surface area contributed by atoms with Crippen LogP contribution in [0.15, 0.2) is 72.8 Å². The van der Waals surface area contributed by atoms with Gasteiger partial charge in [0.2, 0.25) is 0 Å². The molecule has 0 aliphatic rings. The minimum atomic E-state index is -1.12. The maximum Gasteiger partial charge on any atom is 0.339 e. The van der Waals surface area contributed by atoms with Crippen molar-refractivity contribution in [2.24, 2.45) is 0 Å². The summed E-state index contributed by atoms with van der Waals surface area (Å²) >= 11 is 0. The summed E-state index contributed by atoms with van der Waals surface area (Å²) in [5, 5.41) is 9.24. The Morgan fingerprint density at radius 2 is 1.54 bits per heavy atom. The molecular formula is C22H18O4. The van der Waals surface area contributed by atoms with Gasteiger partial charge in [-0.2, -0.15) is 0 Å². The van der Waals surface area contributed by atoms with E-state index in [4.69, 9.17) is 4.74 Å². The fraction of sp³-hybridized carbons (Fsp3) is 0.0909. The zero-order valence-electron chi connectivity index (χ0n) is 14.3. The Labute approximate surface area is 151 Å². The van der Waals surface area contributed by atoms with E-state index in [0.717, 1.165) is 16.7 Å². The summed E-state index contributed by atoms with van der Waals surface area (Å²) in [6, 6.07) is 22.3. The third kappa shape index (κ3) is 3.81. The van der Waals surface area contributed by atoms with Crippen LogP contribution >= 0.6 is 0 Å². The van der Waals surface area contributed by atoms with Gasteiger partial charge in [-0.25, -0.2) is 4.79 Å². The Hall–Kier alpha value is -3.40. The molecule has 0 amide bonds. The number of rotatable bonds is 6. The Morgan fingerprint density at radius 1 is 0.885 bits per heavy atom. The van der Waals surface area contributed by atoms with E-state index in [1.54, 1.807) is 6.07 Å². The third-order valence-electron chi connectivity index (χ3n) is 4.18. The monoisotopic (exact) mass is 346 g/mol. The van der Waals surface area contributed by atoms with Crippen molar-refractivity contribution in [3.8, 4) is 16.9 Å². The van der Waals surface area contributed by atoms with E-state index in [2.05, 4.69) is 0 Å². The molecule has 130 valence electrons. The van der Waals surface area contributed by atoms with E-state index in [9.17, 15) is 14.7 Å². The first kappa shape index (κ1) is 17.4. The summed E-state index contributed by atoms with van der Waals surface area (Å²) in [6.07, 6.45) is 0.209. The fourth-order valence-corrected chi connectivity index (χ4v) is 2.78. The SMILES string of the molecule is COc1ccc(C(=O)Cc2ccc(-c3ccccc3)cc2)cc1C(=O)O. The van der Waals surface area contributed by atoms with Gasteiger partial charge < -0.3 is 9.84 Å². The first-order valence-corrected chi connectivity index (χ1v) is 8.17. The van der Waals surface area contributed by atoms with Crippen LogP contribution in [0.5, 0.6) is 5.75 Å². The number of Topliss-reactive ketones (excluding diaryl/α,β-unsaturated/α-hetero) is 1. The first-order valence-electron chi connectivity index (χ1n) is 8.17. The number of aromatic carboxylic acids is 1. The molecule has 0 unspecified atom stereocenters. The van der Waals surface area contributed by atoms with E-state index >= 15 is 0 Å². The summed E-state index contributed by atoms with van der Waals surface area (Å²) in [5.74, 6) is -1.02. The van der Waals surface area contributed by atoms with Gasteiger partial charge in [0.05, 0.1) is 7.11 Å². The molecule has 26 heavy (non-hydrogen) atoms. The highest BCUT2D eigenvalue weighted by Gasteiger charge is 2.15. The van der Waals surface area contributed by atoms with E-state index in [0.29, 0.717) is 5.56 Å². The lowest BCUT2D eigenvalue weighted by Gasteiger charge is -2.08. The number of benzene rings is 3.